The lowest BCUT2D eigenvalue weighted by atomic mass is 9.96. The van der Waals surface area contributed by atoms with E-state index in [0.717, 1.165) is 12.2 Å². The minimum absolute atomic E-state index is 0.0427. The summed E-state index contributed by atoms with van der Waals surface area (Å²) in [5.74, 6) is -0.372. The van der Waals surface area contributed by atoms with Crippen molar-refractivity contribution < 1.29 is 19.4 Å². The predicted octanol–water partition coefficient (Wildman–Crippen LogP) is 2.80. The van der Waals surface area contributed by atoms with Crippen molar-refractivity contribution in [3.8, 4) is 5.75 Å². The highest BCUT2D eigenvalue weighted by Gasteiger charge is 2.27. The molecule has 1 N–H and O–H groups in total. The van der Waals surface area contributed by atoms with Crippen molar-refractivity contribution in [3.05, 3.63) is 29.8 Å². The second-order valence-corrected chi connectivity index (χ2v) is 5.77. The Hall–Kier alpha value is -2.04. The quantitative estimate of drug-likeness (QED) is 0.908. The lowest BCUT2D eigenvalue weighted by Crippen LogP contribution is -2.40. The van der Waals surface area contributed by atoms with E-state index in [4.69, 9.17) is 9.84 Å². The maximum Gasteiger partial charge on any atom is 0.306 e. The van der Waals surface area contributed by atoms with Crippen LogP contribution >= 0.6 is 0 Å². The van der Waals surface area contributed by atoms with Crippen LogP contribution in [0.1, 0.15) is 43.5 Å². The van der Waals surface area contributed by atoms with Gasteiger partial charge in [0.15, 0.2) is 0 Å². The minimum Gasteiger partial charge on any atom is -0.491 e. The zero-order chi connectivity index (χ0) is 16.1. The maximum absolute atomic E-state index is 12.4. The number of carboxylic acid groups (broad SMARTS) is 1. The van der Waals surface area contributed by atoms with Crippen LogP contribution in [0.15, 0.2) is 24.3 Å². The van der Waals surface area contributed by atoms with Crippen LogP contribution in [0.3, 0.4) is 0 Å². The summed E-state index contributed by atoms with van der Waals surface area (Å²) in [5, 5.41) is 8.99. The molecule has 5 heteroatoms. The molecular weight excluding hydrogens is 282 g/mol. The molecule has 1 fully saturated rings. The highest BCUT2D eigenvalue weighted by Crippen LogP contribution is 2.21. The third-order valence-electron chi connectivity index (χ3n) is 4.14. The molecule has 1 aromatic rings. The number of carboxylic acids is 1. The van der Waals surface area contributed by atoms with Gasteiger partial charge in [0.25, 0.3) is 5.91 Å². The molecule has 1 unspecified atom stereocenters. The summed E-state index contributed by atoms with van der Waals surface area (Å²) in [6, 6.07) is 7.15. The molecule has 22 heavy (non-hydrogen) atoms. The lowest BCUT2D eigenvalue weighted by molar-refractivity contribution is -0.143. The highest BCUT2D eigenvalue weighted by atomic mass is 16.5. The van der Waals surface area contributed by atoms with E-state index in [1.54, 1.807) is 17.0 Å². The van der Waals surface area contributed by atoms with Crippen LogP contribution in [0.25, 0.3) is 0 Å². The Kier molecular flexibility index (Phi) is 5.41. The average molecular weight is 305 g/mol. The molecule has 2 rings (SSSR count). The third kappa shape index (κ3) is 4.00. The summed E-state index contributed by atoms with van der Waals surface area (Å²) in [4.78, 5) is 25.1. The van der Waals surface area contributed by atoms with Crippen molar-refractivity contribution in [2.24, 2.45) is 5.92 Å². The Balaban J connectivity index is 1.94. The van der Waals surface area contributed by atoms with E-state index in [9.17, 15) is 9.59 Å². The van der Waals surface area contributed by atoms with Gasteiger partial charge in [0.1, 0.15) is 5.75 Å². The van der Waals surface area contributed by atoms with Crippen LogP contribution in [-0.2, 0) is 4.79 Å². The van der Waals surface area contributed by atoms with Gasteiger partial charge in [0.2, 0.25) is 0 Å². The molecule has 1 saturated heterocycles. The van der Waals surface area contributed by atoms with E-state index < -0.39 is 5.97 Å². The van der Waals surface area contributed by atoms with Crippen molar-refractivity contribution in [1.29, 1.82) is 0 Å². The van der Waals surface area contributed by atoms with Gasteiger partial charge in [-0.3, -0.25) is 9.59 Å². The molecule has 0 aliphatic carbocycles. The number of hydrogen-bond donors (Lipinski definition) is 1. The van der Waals surface area contributed by atoms with Crippen LogP contribution in [0.5, 0.6) is 5.75 Å². The number of aliphatic carboxylic acids is 1. The number of carbonyl (C=O) groups excluding carboxylic acids is 1. The van der Waals surface area contributed by atoms with E-state index in [0.29, 0.717) is 31.5 Å². The summed E-state index contributed by atoms with van der Waals surface area (Å²) in [7, 11) is 0. The fraction of sp³-hybridized carbons (Fsp3) is 0.529. The molecule has 1 atom stereocenters. The maximum atomic E-state index is 12.4. The number of amides is 1. The first-order valence-electron chi connectivity index (χ1n) is 7.80. The first-order chi connectivity index (χ1) is 10.5. The van der Waals surface area contributed by atoms with Gasteiger partial charge in [-0.1, -0.05) is 6.92 Å². The molecule has 1 aliphatic heterocycles. The Morgan fingerprint density at radius 2 is 1.86 bits per heavy atom. The van der Waals surface area contributed by atoms with Gasteiger partial charge in [-0.25, -0.2) is 0 Å². The van der Waals surface area contributed by atoms with Crippen molar-refractivity contribution in [3.63, 3.8) is 0 Å². The van der Waals surface area contributed by atoms with E-state index in [-0.39, 0.29) is 17.9 Å². The zero-order valence-electron chi connectivity index (χ0n) is 13.1. The minimum atomic E-state index is -0.765. The van der Waals surface area contributed by atoms with Crippen molar-refractivity contribution >= 4 is 11.9 Å². The number of ether oxygens (including phenoxy) is 1. The van der Waals surface area contributed by atoms with Crippen molar-refractivity contribution in [2.45, 2.75) is 39.2 Å². The van der Waals surface area contributed by atoms with E-state index >= 15 is 0 Å². The van der Waals surface area contributed by atoms with Crippen LogP contribution in [0, 0.1) is 5.92 Å². The number of rotatable bonds is 5. The summed E-state index contributed by atoms with van der Waals surface area (Å²) < 4.78 is 5.69. The van der Waals surface area contributed by atoms with Gasteiger partial charge in [0, 0.05) is 18.7 Å². The Morgan fingerprint density at radius 1 is 1.27 bits per heavy atom. The van der Waals surface area contributed by atoms with Crippen LogP contribution in [0.4, 0.5) is 0 Å². The van der Waals surface area contributed by atoms with Crippen molar-refractivity contribution in [2.75, 3.05) is 13.1 Å². The van der Waals surface area contributed by atoms with Gasteiger partial charge in [0.05, 0.1) is 12.0 Å². The molecule has 1 heterocycles. The van der Waals surface area contributed by atoms with E-state index in [1.807, 2.05) is 19.1 Å². The number of hydrogen-bond acceptors (Lipinski definition) is 3. The van der Waals surface area contributed by atoms with Crippen LogP contribution < -0.4 is 4.74 Å². The fourth-order valence-corrected chi connectivity index (χ4v) is 2.50. The largest absolute Gasteiger partial charge is 0.491 e. The summed E-state index contributed by atoms with van der Waals surface area (Å²) >= 11 is 0. The van der Waals surface area contributed by atoms with Gasteiger partial charge in [-0.05, 0) is 50.5 Å². The molecule has 0 radical (unpaired) electrons. The molecule has 1 aliphatic rings. The Morgan fingerprint density at radius 3 is 2.36 bits per heavy atom. The SMILES string of the molecule is CCC(C)Oc1ccc(C(=O)N2CCC(C(=O)O)CC2)cc1. The molecule has 1 aromatic carbocycles. The van der Waals surface area contributed by atoms with Crippen LogP contribution in [0.2, 0.25) is 0 Å². The Bertz CT molecular complexity index is 518. The monoisotopic (exact) mass is 305 g/mol. The number of benzene rings is 1. The first kappa shape index (κ1) is 16.3. The third-order valence-corrected chi connectivity index (χ3v) is 4.14. The first-order valence-corrected chi connectivity index (χ1v) is 7.80. The molecule has 0 saturated carbocycles. The topological polar surface area (TPSA) is 66.8 Å². The fourth-order valence-electron chi connectivity index (χ4n) is 2.50. The number of nitrogens with zero attached hydrogens (tertiary/aromatic N) is 1. The van der Waals surface area contributed by atoms with Gasteiger partial charge >= 0.3 is 5.97 Å². The molecule has 120 valence electrons. The molecule has 0 aromatic heterocycles. The van der Waals surface area contributed by atoms with Crippen molar-refractivity contribution in [1.82, 2.24) is 4.90 Å². The standard InChI is InChI=1S/C17H23NO4/c1-3-12(2)22-15-6-4-13(5-7-15)16(19)18-10-8-14(9-11-18)17(20)21/h4-7,12,14H,3,8-11H2,1-2H3,(H,20,21). The zero-order valence-corrected chi connectivity index (χ0v) is 13.1. The van der Waals surface area contributed by atoms with Gasteiger partial charge in [-0.2, -0.15) is 0 Å². The molecular formula is C17H23NO4. The Labute approximate surface area is 130 Å². The van der Waals surface area contributed by atoms with E-state index in [2.05, 4.69) is 6.92 Å². The number of piperidine rings is 1. The lowest BCUT2D eigenvalue weighted by Gasteiger charge is -2.30. The summed E-state index contributed by atoms with van der Waals surface area (Å²) in [6.45, 7) is 5.07. The predicted molar refractivity (Wildman–Crippen MR) is 83.1 cm³/mol. The average Bonchev–Trinajstić information content (AvgIpc) is 2.55. The highest BCUT2D eigenvalue weighted by molar-refractivity contribution is 5.94. The molecule has 0 bridgehead atoms. The van der Waals surface area contributed by atoms with Gasteiger partial charge in [-0.15, -0.1) is 0 Å². The summed E-state index contributed by atoms with van der Waals surface area (Å²) in [6.07, 6.45) is 2.13. The second kappa shape index (κ2) is 7.29. The second-order valence-electron chi connectivity index (χ2n) is 5.77. The number of likely N-dealkylation sites (tertiary alicyclic amines) is 1. The number of carbonyl (C=O) groups is 2. The molecule has 1 amide bonds. The smallest absolute Gasteiger partial charge is 0.306 e. The summed E-state index contributed by atoms with van der Waals surface area (Å²) in [5.41, 5.74) is 0.616. The molecule has 5 nitrogen and oxygen atoms in total. The van der Waals surface area contributed by atoms with Crippen LogP contribution in [-0.4, -0.2) is 41.1 Å². The normalized spacial score (nSPS) is 17.1. The van der Waals surface area contributed by atoms with E-state index in [1.165, 1.54) is 0 Å². The molecule has 0 spiro atoms. The van der Waals surface area contributed by atoms with Gasteiger partial charge < -0.3 is 14.7 Å².